The van der Waals surface area contributed by atoms with Crippen LogP contribution in [-0.2, 0) is 4.79 Å². The van der Waals surface area contributed by atoms with E-state index in [1.807, 2.05) is 32.8 Å². The predicted octanol–water partition coefficient (Wildman–Crippen LogP) is -0.243. The molecule has 0 aromatic carbocycles. The van der Waals surface area contributed by atoms with E-state index in [0.717, 1.165) is 19.6 Å². The molecular weight excluding hydrogens is 178 g/mol. The van der Waals surface area contributed by atoms with Gasteiger partial charge >= 0.3 is 0 Å². The van der Waals surface area contributed by atoms with Crippen molar-refractivity contribution in [2.75, 3.05) is 33.7 Å². The zero-order valence-corrected chi connectivity index (χ0v) is 9.58. The number of hydrogen-bond donors (Lipinski definition) is 1. The quantitative estimate of drug-likeness (QED) is 0.666. The van der Waals surface area contributed by atoms with Crippen LogP contribution in [0.3, 0.4) is 0 Å². The van der Waals surface area contributed by atoms with Gasteiger partial charge in [0.05, 0.1) is 0 Å². The van der Waals surface area contributed by atoms with Crippen molar-refractivity contribution in [1.29, 1.82) is 0 Å². The molecule has 0 radical (unpaired) electrons. The van der Waals surface area contributed by atoms with E-state index in [1.165, 1.54) is 0 Å². The van der Waals surface area contributed by atoms with Crippen LogP contribution in [0.4, 0.5) is 0 Å². The molecule has 1 saturated heterocycles. The number of nitrogens with zero attached hydrogens (tertiary/aromatic N) is 2. The van der Waals surface area contributed by atoms with Gasteiger partial charge in [0, 0.05) is 32.7 Å². The molecule has 14 heavy (non-hydrogen) atoms. The van der Waals surface area contributed by atoms with Crippen LogP contribution in [0, 0.1) is 0 Å². The van der Waals surface area contributed by atoms with E-state index in [9.17, 15) is 4.79 Å². The van der Waals surface area contributed by atoms with Crippen LogP contribution in [0.2, 0.25) is 0 Å². The molecule has 1 rings (SSSR count). The van der Waals surface area contributed by atoms with E-state index in [4.69, 9.17) is 0 Å². The predicted molar refractivity (Wildman–Crippen MR) is 57.2 cm³/mol. The second kappa shape index (κ2) is 4.75. The summed E-state index contributed by atoms with van der Waals surface area (Å²) in [6.07, 6.45) is 0. The summed E-state index contributed by atoms with van der Waals surface area (Å²) >= 11 is 0. The lowest BCUT2D eigenvalue weighted by Crippen LogP contribution is -2.57. The Morgan fingerprint density at radius 1 is 1.57 bits per heavy atom. The SMILES string of the molecule is CC(C)N(C)C(=O)C1CNCCN1C. The van der Waals surface area contributed by atoms with Crippen molar-refractivity contribution < 1.29 is 4.79 Å². The fourth-order valence-electron chi connectivity index (χ4n) is 1.57. The number of rotatable bonds is 2. The number of nitrogens with one attached hydrogen (secondary N) is 1. The summed E-state index contributed by atoms with van der Waals surface area (Å²) in [6, 6.07) is 0.286. The van der Waals surface area contributed by atoms with Gasteiger partial charge < -0.3 is 10.2 Å². The molecule has 1 atom stereocenters. The molecule has 0 saturated carbocycles. The number of amides is 1. The van der Waals surface area contributed by atoms with E-state index < -0.39 is 0 Å². The van der Waals surface area contributed by atoms with Crippen LogP contribution < -0.4 is 5.32 Å². The number of carbonyl (C=O) groups is 1. The summed E-state index contributed by atoms with van der Waals surface area (Å²) in [5.41, 5.74) is 0. The van der Waals surface area contributed by atoms with Gasteiger partial charge in [-0.05, 0) is 20.9 Å². The number of likely N-dealkylation sites (N-methyl/N-ethyl adjacent to an activating group) is 2. The smallest absolute Gasteiger partial charge is 0.241 e. The van der Waals surface area contributed by atoms with Gasteiger partial charge in [-0.1, -0.05) is 0 Å². The highest BCUT2D eigenvalue weighted by atomic mass is 16.2. The Morgan fingerprint density at radius 2 is 2.21 bits per heavy atom. The van der Waals surface area contributed by atoms with Crippen LogP contribution >= 0.6 is 0 Å². The number of hydrogen-bond acceptors (Lipinski definition) is 3. The molecule has 0 aromatic rings. The molecule has 4 nitrogen and oxygen atoms in total. The Morgan fingerprint density at radius 3 is 2.71 bits per heavy atom. The Balaban J connectivity index is 2.58. The molecule has 1 aliphatic rings. The van der Waals surface area contributed by atoms with Gasteiger partial charge in [-0.3, -0.25) is 9.69 Å². The van der Waals surface area contributed by atoms with Gasteiger partial charge in [-0.15, -0.1) is 0 Å². The molecule has 0 spiro atoms. The molecule has 82 valence electrons. The maximum absolute atomic E-state index is 12.0. The van der Waals surface area contributed by atoms with Crippen LogP contribution in [-0.4, -0.2) is 61.5 Å². The molecule has 1 fully saturated rings. The average molecular weight is 199 g/mol. The summed E-state index contributed by atoms with van der Waals surface area (Å²) in [4.78, 5) is 15.9. The molecule has 0 aromatic heterocycles. The highest BCUT2D eigenvalue weighted by Crippen LogP contribution is 2.06. The van der Waals surface area contributed by atoms with E-state index in [2.05, 4.69) is 10.2 Å². The third-order valence-electron chi connectivity index (χ3n) is 2.92. The number of carbonyl (C=O) groups excluding carboxylic acids is 1. The van der Waals surface area contributed by atoms with Gasteiger partial charge in [-0.2, -0.15) is 0 Å². The minimum absolute atomic E-state index is 0.0103. The molecule has 4 heteroatoms. The molecule has 1 heterocycles. The minimum Gasteiger partial charge on any atom is -0.342 e. The Hall–Kier alpha value is -0.610. The second-order valence-electron chi connectivity index (χ2n) is 4.24. The first-order valence-electron chi connectivity index (χ1n) is 5.21. The Labute approximate surface area is 86.2 Å². The van der Waals surface area contributed by atoms with Crippen molar-refractivity contribution in [3.8, 4) is 0 Å². The van der Waals surface area contributed by atoms with Gasteiger partial charge in [0.25, 0.3) is 0 Å². The summed E-state index contributed by atoms with van der Waals surface area (Å²) in [6.45, 7) is 6.77. The maximum Gasteiger partial charge on any atom is 0.241 e. The molecule has 0 bridgehead atoms. The van der Waals surface area contributed by atoms with Crippen molar-refractivity contribution in [2.45, 2.75) is 25.9 Å². The van der Waals surface area contributed by atoms with Gasteiger partial charge in [0.2, 0.25) is 5.91 Å². The fourth-order valence-corrected chi connectivity index (χ4v) is 1.57. The van der Waals surface area contributed by atoms with E-state index in [0.29, 0.717) is 0 Å². The molecule has 1 N–H and O–H groups in total. The lowest BCUT2D eigenvalue weighted by molar-refractivity contribution is -0.137. The summed E-state index contributed by atoms with van der Waals surface area (Å²) < 4.78 is 0. The lowest BCUT2D eigenvalue weighted by Gasteiger charge is -2.35. The largest absolute Gasteiger partial charge is 0.342 e. The summed E-state index contributed by atoms with van der Waals surface area (Å²) in [7, 11) is 3.88. The molecule has 1 unspecified atom stereocenters. The van der Waals surface area contributed by atoms with Crippen LogP contribution in [0.5, 0.6) is 0 Å². The highest BCUT2D eigenvalue weighted by Gasteiger charge is 2.28. The Bertz CT molecular complexity index is 206. The second-order valence-corrected chi connectivity index (χ2v) is 4.24. The zero-order valence-electron chi connectivity index (χ0n) is 9.58. The first kappa shape index (κ1) is 11.5. The van der Waals surface area contributed by atoms with E-state index in [1.54, 1.807) is 0 Å². The van der Waals surface area contributed by atoms with Crippen molar-refractivity contribution in [3.63, 3.8) is 0 Å². The van der Waals surface area contributed by atoms with Crippen LogP contribution in [0.15, 0.2) is 0 Å². The third-order valence-corrected chi connectivity index (χ3v) is 2.92. The molecule has 0 aliphatic carbocycles. The topological polar surface area (TPSA) is 35.6 Å². The highest BCUT2D eigenvalue weighted by molar-refractivity contribution is 5.82. The fraction of sp³-hybridized carbons (Fsp3) is 0.900. The monoisotopic (exact) mass is 199 g/mol. The van der Waals surface area contributed by atoms with E-state index >= 15 is 0 Å². The average Bonchev–Trinajstić information content (AvgIpc) is 2.16. The normalized spacial score (nSPS) is 23.9. The standard InChI is InChI=1S/C10H21N3O/c1-8(2)13(4)10(14)9-7-11-5-6-12(9)3/h8-9,11H,5-7H2,1-4H3. The summed E-state index contributed by atoms with van der Waals surface area (Å²) in [5.74, 6) is 0.217. The first-order chi connectivity index (χ1) is 6.54. The zero-order chi connectivity index (χ0) is 10.7. The summed E-state index contributed by atoms with van der Waals surface area (Å²) in [5, 5.41) is 3.25. The van der Waals surface area contributed by atoms with E-state index in [-0.39, 0.29) is 18.0 Å². The minimum atomic E-state index is 0.0103. The first-order valence-corrected chi connectivity index (χ1v) is 5.21. The third kappa shape index (κ3) is 2.45. The van der Waals surface area contributed by atoms with Crippen molar-refractivity contribution in [3.05, 3.63) is 0 Å². The van der Waals surface area contributed by atoms with Crippen molar-refractivity contribution in [1.82, 2.24) is 15.1 Å². The molecular formula is C10H21N3O. The van der Waals surface area contributed by atoms with Crippen molar-refractivity contribution in [2.24, 2.45) is 0 Å². The molecule has 1 amide bonds. The molecule has 1 aliphatic heterocycles. The van der Waals surface area contributed by atoms with Crippen LogP contribution in [0.1, 0.15) is 13.8 Å². The van der Waals surface area contributed by atoms with Crippen molar-refractivity contribution >= 4 is 5.91 Å². The van der Waals surface area contributed by atoms with Crippen LogP contribution in [0.25, 0.3) is 0 Å². The van der Waals surface area contributed by atoms with Gasteiger partial charge in [0.1, 0.15) is 6.04 Å². The van der Waals surface area contributed by atoms with Gasteiger partial charge in [0.15, 0.2) is 0 Å². The van der Waals surface area contributed by atoms with Gasteiger partial charge in [-0.25, -0.2) is 0 Å². The Kier molecular flexibility index (Phi) is 3.89. The lowest BCUT2D eigenvalue weighted by atomic mass is 10.1. The maximum atomic E-state index is 12.0. The number of piperazine rings is 1.